The number of hydrogen-bond acceptors (Lipinski definition) is 5. The van der Waals surface area contributed by atoms with Crippen molar-refractivity contribution in [1.82, 2.24) is 15.1 Å². The van der Waals surface area contributed by atoms with Crippen LogP contribution >= 0.6 is 0 Å². The highest BCUT2D eigenvalue weighted by molar-refractivity contribution is 5.85. The number of likely N-dealkylation sites (N-methyl/N-ethyl adjacent to an activating group) is 2. The van der Waals surface area contributed by atoms with Crippen LogP contribution in [0.2, 0.25) is 0 Å². The number of benzene rings is 1. The van der Waals surface area contributed by atoms with E-state index in [1.807, 2.05) is 12.1 Å². The van der Waals surface area contributed by atoms with Crippen LogP contribution in [0.25, 0.3) is 0 Å². The fourth-order valence-electron chi connectivity index (χ4n) is 2.57. The first kappa shape index (κ1) is 17.1. The summed E-state index contributed by atoms with van der Waals surface area (Å²) in [4.78, 5) is 29.0. The molecule has 23 heavy (non-hydrogen) atoms. The number of carbonyl (C=O) groups excluding carboxylic acids is 2. The first-order valence-electron chi connectivity index (χ1n) is 7.71. The summed E-state index contributed by atoms with van der Waals surface area (Å²) in [5.74, 6) is 0.0390. The van der Waals surface area contributed by atoms with Crippen LogP contribution in [0.5, 0.6) is 5.75 Å². The fourth-order valence-corrected chi connectivity index (χ4v) is 2.57. The van der Waals surface area contributed by atoms with Gasteiger partial charge < -0.3 is 20.2 Å². The maximum Gasteiger partial charge on any atom is 0.239 e. The molecule has 0 saturated carbocycles. The minimum atomic E-state index is -0.176. The van der Waals surface area contributed by atoms with Gasteiger partial charge in [0.15, 0.2) is 0 Å². The average molecular weight is 320 g/mol. The highest BCUT2D eigenvalue weighted by atomic mass is 16.3. The minimum Gasteiger partial charge on any atom is -0.506 e. The third-order valence-corrected chi connectivity index (χ3v) is 4.04. The van der Waals surface area contributed by atoms with Crippen molar-refractivity contribution in [3.63, 3.8) is 0 Å². The van der Waals surface area contributed by atoms with Gasteiger partial charge >= 0.3 is 0 Å². The number of aromatic hydroxyl groups is 1. The van der Waals surface area contributed by atoms with Gasteiger partial charge in [-0.2, -0.15) is 0 Å². The van der Waals surface area contributed by atoms with Crippen molar-refractivity contribution in [2.45, 2.75) is 0 Å². The van der Waals surface area contributed by atoms with E-state index in [2.05, 4.69) is 15.1 Å². The lowest BCUT2D eigenvalue weighted by Gasteiger charge is -2.36. The third-order valence-electron chi connectivity index (χ3n) is 4.04. The third kappa shape index (κ3) is 4.59. The van der Waals surface area contributed by atoms with E-state index in [-0.39, 0.29) is 24.1 Å². The van der Waals surface area contributed by atoms with Crippen molar-refractivity contribution in [3.05, 3.63) is 24.3 Å². The number of phenols is 1. The lowest BCUT2D eigenvalue weighted by Crippen LogP contribution is -2.50. The molecule has 1 aromatic carbocycles. The Morgan fingerprint density at radius 3 is 2.48 bits per heavy atom. The van der Waals surface area contributed by atoms with Crippen molar-refractivity contribution < 1.29 is 14.7 Å². The average Bonchev–Trinajstić information content (AvgIpc) is 2.56. The Morgan fingerprint density at radius 2 is 1.87 bits per heavy atom. The van der Waals surface area contributed by atoms with E-state index in [4.69, 9.17) is 0 Å². The maximum absolute atomic E-state index is 12.1. The van der Waals surface area contributed by atoms with Crippen LogP contribution in [0, 0.1) is 0 Å². The Morgan fingerprint density at radius 1 is 1.22 bits per heavy atom. The molecule has 126 valence electrons. The van der Waals surface area contributed by atoms with Crippen LogP contribution in [-0.2, 0) is 9.59 Å². The Kier molecular flexibility index (Phi) is 5.81. The van der Waals surface area contributed by atoms with Crippen LogP contribution < -0.4 is 10.2 Å². The van der Waals surface area contributed by atoms with Gasteiger partial charge in [0.25, 0.3) is 0 Å². The number of nitrogens with one attached hydrogen (secondary N) is 1. The Labute approximate surface area is 136 Å². The molecular formula is C16H24N4O3. The summed E-state index contributed by atoms with van der Waals surface area (Å²) in [6.07, 6.45) is 0. The second kappa shape index (κ2) is 7.82. The molecule has 2 N–H and O–H groups in total. The molecule has 1 aliphatic heterocycles. The molecule has 0 bridgehead atoms. The molecule has 0 unspecified atom stereocenters. The van der Waals surface area contributed by atoms with Gasteiger partial charge in [-0.3, -0.25) is 14.5 Å². The lowest BCUT2D eigenvalue weighted by atomic mass is 10.2. The van der Waals surface area contributed by atoms with Gasteiger partial charge in [-0.15, -0.1) is 0 Å². The Balaban J connectivity index is 1.82. The molecule has 0 radical (unpaired) electrons. The molecule has 0 spiro atoms. The number of para-hydroxylation sites is 2. The molecule has 1 fully saturated rings. The van der Waals surface area contributed by atoms with Crippen LogP contribution in [0.1, 0.15) is 0 Å². The molecule has 2 rings (SSSR count). The molecule has 7 nitrogen and oxygen atoms in total. The second-order valence-corrected chi connectivity index (χ2v) is 5.67. The smallest absolute Gasteiger partial charge is 0.239 e. The van der Waals surface area contributed by atoms with Crippen LogP contribution in [0.15, 0.2) is 24.3 Å². The SMILES string of the molecule is CNC(=O)CN(C)C(=O)CN1CCN(c2ccccc2O)CC1. The van der Waals surface area contributed by atoms with E-state index >= 15 is 0 Å². The number of carbonyl (C=O) groups is 2. The van der Waals surface area contributed by atoms with Gasteiger partial charge in [0.2, 0.25) is 11.8 Å². The highest BCUT2D eigenvalue weighted by Crippen LogP contribution is 2.27. The van der Waals surface area contributed by atoms with Gasteiger partial charge in [-0.25, -0.2) is 0 Å². The quantitative estimate of drug-likeness (QED) is 0.780. The predicted octanol–water partition coefficient (Wildman–Crippen LogP) is -0.281. The Bertz CT molecular complexity index is 556. The second-order valence-electron chi connectivity index (χ2n) is 5.67. The summed E-state index contributed by atoms with van der Waals surface area (Å²) in [7, 11) is 3.19. The van der Waals surface area contributed by atoms with Gasteiger partial charge in [-0.1, -0.05) is 12.1 Å². The monoisotopic (exact) mass is 320 g/mol. The molecule has 0 atom stereocenters. The fraction of sp³-hybridized carbons (Fsp3) is 0.500. The Hall–Kier alpha value is -2.28. The van der Waals surface area contributed by atoms with E-state index in [0.29, 0.717) is 6.54 Å². The van der Waals surface area contributed by atoms with Gasteiger partial charge in [0, 0.05) is 40.3 Å². The number of anilines is 1. The summed E-state index contributed by atoms with van der Waals surface area (Å²) in [5, 5.41) is 12.4. The van der Waals surface area contributed by atoms with Crippen LogP contribution in [-0.4, -0.2) is 80.1 Å². The molecule has 0 aliphatic carbocycles. The number of amides is 2. The van der Waals surface area contributed by atoms with Gasteiger partial charge in [0.1, 0.15) is 5.75 Å². The first-order valence-corrected chi connectivity index (χ1v) is 7.71. The lowest BCUT2D eigenvalue weighted by molar-refractivity contribution is -0.135. The van der Waals surface area contributed by atoms with Crippen molar-refractivity contribution >= 4 is 17.5 Å². The largest absolute Gasteiger partial charge is 0.506 e. The molecule has 1 aliphatic rings. The molecule has 0 aromatic heterocycles. The highest BCUT2D eigenvalue weighted by Gasteiger charge is 2.22. The van der Waals surface area contributed by atoms with Crippen LogP contribution in [0.3, 0.4) is 0 Å². The van der Waals surface area contributed by atoms with Gasteiger partial charge in [0.05, 0.1) is 18.8 Å². The standard InChI is InChI=1S/C16H24N4O3/c1-17-15(22)11-18(2)16(23)12-19-7-9-20(10-8-19)13-5-3-4-6-14(13)21/h3-6,21H,7-12H2,1-2H3,(H,17,22). The molecule has 1 saturated heterocycles. The topological polar surface area (TPSA) is 76.1 Å². The van der Waals surface area contributed by atoms with E-state index in [0.717, 1.165) is 31.9 Å². The number of piperazine rings is 1. The number of phenolic OH excluding ortho intramolecular Hbond substituents is 1. The summed E-state index contributed by atoms with van der Waals surface area (Å²) in [6, 6.07) is 7.28. The van der Waals surface area contributed by atoms with Gasteiger partial charge in [-0.05, 0) is 12.1 Å². The molecule has 1 aromatic rings. The van der Waals surface area contributed by atoms with E-state index in [1.54, 1.807) is 26.2 Å². The molecule has 7 heteroatoms. The van der Waals surface area contributed by atoms with Crippen molar-refractivity contribution in [2.24, 2.45) is 0 Å². The first-order chi connectivity index (χ1) is 11.0. The number of rotatable bonds is 5. The molecule has 2 amide bonds. The zero-order chi connectivity index (χ0) is 16.8. The summed E-state index contributed by atoms with van der Waals surface area (Å²) < 4.78 is 0. The maximum atomic E-state index is 12.1. The van der Waals surface area contributed by atoms with Crippen molar-refractivity contribution in [2.75, 3.05) is 58.3 Å². The minimum absolute atomic E-state index is 0.0652. The van der Waals surface area contributed by atoms with E-state index < -0.39 is 0 Å². The number of hydrogen-bond donors (Lipinski definition) is 2. The molecule has 1 heterocycles. The zero-order valence-electron chi connectivity index (χ0n) is 13.7. The number of nitrogens with zero attached hydrogens (tertiary/aromatic N) is 3. The normalized spacial score (nSPS) is 15.3. The van der Waals surface area contributed by atoms with Crippen molar-refractivity contribution in [1.29, 1.82) is 0 Å². The van der Waals surface area contributed by atoms with E-state index in [1.165, 1.54) is 4.90 Å². The van der Waals surface area contributed by atoms with Crippen molar-refractivity contribution in [3.8, 4) is 5.75 Å². The zero-order valence-corrected chi connectivity index (χ0v) is 13.7. The summed E-state index contributed by atoms with van der Waals surface area (Å²) in [5.41, 5.74) is 0.829. The predicted molar refractivity (Wildman–Crippen MR) is 88.5 cm³/mol. The summed E-state index contributed by atoms with van der Waals surface area (Å²) >= 11 is 0. The van der Waals surface area contributed by atoms with Crippen LogP contribution in [0.4, 0.5) is 5.69 Å². The van der Waals surface area contributed by atoms with E-state index in [9.17, 15) is 14.7 Å². The molecular weight excluding hydrogens is 296 g/mol. The summed E-state index contributed by atoms with van der Waals surface area (Å²) in [6.45, 7) is 3.38.